The minimum absolute atomic E-state index is 0.0148. The molecule has 1 rings (SSSR count). The van der Waals surface area contributed by atoms with Gasteiger partial charge in [-0.05, 0) is 19.3 Å². The fourth-order valence-corrected chi connectivity index (χ4v) is 1.60. The van der Waals surface area contributed by atoms with Crippen LogP contribution in [0.25, 0.3) is 0 Å². The largest absolute Gasteiger partial charge is 0.391 e. The third kappa shape index (κ3) is 3.51. The second-order valence-corrected chi connectivity index (χ2v) is 4.00. The lowest BCUT2D eigenvalue weighted by Gasteiger charge is -2.33. The molecular weight excluding hydrogens is 190 g/mol. The van der Waals surface area contributed by atoms with E-state index in [2.05, 4.69) is 0 Å². The highest BCUT2D eigenvalue weighted by Crippen LogP contribution is 2.16. The van der Waals surface area contributed by atoms with E-state index in [4.69, 9.17) is 0 Å². The number of carbonyl (C=O) groups excluding carboxylic acids is 1. The molecule has 1 aliphatic heterocycles. The summed E-state index contributed by atoms with van der Waals surface area (Å²) in [5.74, 6) is 0.285. The summed E-state index contributed by atoms with van der Waals surface area (Å²) >= 11 is 0. The maximum Gasteiger partial charge on any atom is 0.246 e. The highest BCUT2D eigenvalue weighted by molar-refractivity contribution is 5.87. The predicted molar refractivity (Wildman–Crippen MR) is 60.3 cm³/mol. The second-order valence-electron chi connectivity index (χ2n) is 4.00. The zero-order valence-corrected chi connectivity index (χ0v) is 9.39. The Balaban J connectivity index is 2.47. The van der Waals surface area contributed by atoms with Crippen LogP contribution >= 0.6 is 0 Å². The van der Waals surface area contributed by atoms with Crippen molar-refractivity contribution in [1.29, 1.82) is 0 Å². The molecule has 0 bridgehead atoms. The molecule has 1 N–H and O–H groups in total. The Morgan fingerprint density at radius 1 is 1.47 bits per heavy atom. The van der Waals surface area contributed by atoms with Crippen molar-refractivity contribution in [3.8, 4) is 0 Å². The Morgan fingerprint density at radius 3 is 2.80 bits per heavy atom. The van der Waals surface area contributed by atoms with Crippen molar-refractivity contribution in [2.24, 2.45) is 5.92 Å². The second kappa shape index (κ2) is 5.71. The highest BCUT2D eigenvalue weighted by atomic mass is 16.3. The molecule has 1 aliphatic rings. The number of rotatable bonds is 2. The summed E-state index contributed by atoms with van der Waals surface area (Å²) in [6.45, 7) is 5.13. The molecule has 0 radical (unpaired) electrons. The monoisotopic (exact) mass is 209 g/mol. The molecule has 84 valence electrons. The lowest BCUT2D eigenvalue weighted by molar-refractivity contribution is -0.130. The molecule has 2 unspecified atom stereocenters. The van der Waals surface area contributed by atoms with Crippen LogP contribution in [0.5, 0.6) is 0 Å². The summed E-state index contributed by atoms with van der Waals surface area (Å²) in [5.41, 5.74) is 0. The summed E-state index contributed by atoms with van der Waals surface area (Å²) in [6.07, 6.45) is 7.47. The van der Waals surface area contributed by atoms with Gasteiger partial charge in [0.25, 0.3) is 0 Å². The van der Waals surface area contributed by atoms with E-state index in [-0.39, 0.29) is 12.0 Å². The standard InChI is InChI=1S/C12H19NO2/c1-3-4-5-6-12(15)13-8-7-10(2)11(14)9-13/h3-6,10-11,14H,7-9H2,1-2H3. The summed E-state index contributed by atoms with van der Waals surface area (Å²) in [4.78, 5) is 13.3. The smallest absolute Gasteiger partial charge is 0.246 e. The van der Waals surface area contributed by atoms with E-state index in [0.29, 0.717) is 12.5 Å². The third-order valence-corrected chi connectivity index (χ3v) is 2.77. The number of piperidine rings is 1. The first-order chi connectivity index (χ1) is 7.15. The van der Waals surface area contributed by atoms with Gasteiger partial charge < -0.3 is 10.0 Å². The minimum atomic E-state index is -0.377. The van der Waals surface area contributed by atoms with Gasteiger partial charge in [-0.1, -0.05) is 25.2 Å². The molecule has 0 aliphatic carbocycles. The van der Waals surface area contributed by atoms with Gasteiger partial charge in [-0.2, -0.15) is 0 Å². The van der Waals surface area contributed by atoms with Gasteiger partial charge in [0.15, 0.2) is 0 Å². The van der Waals surface area contributed by atoms with Gasteiger partial charge in [0.1, 0.15) is 0 Å². The molecule has 1 fully saturated rings. The Hall–Kier alpha value is -1.09. The van der Waals surface area contributed by atoms with Crippen molar-refractivity contribution >= 4 is 5.91 Å². The van der Waals surface area contributed by atoms with Crippen molar-refractivity contribution in [3.63, 3.8) is 0 Å². The van der Waals surface area contributed by atoms with Crippen molar-refractivity contribution in [3.05, 3.63) is 24.3 Å². The molecule has 0 aromatic rings. The zero-order valence-electron chi connectivity index (χ0n) is 9.39. The maximum absolute atomic E-state index is 11.6. The van der Waals surface area contributed by atoms with Crippen LogP contribution in [0.2, 0.25) is 0 Å². The number of aliphatic hydroxyl groups excluding tert-OH is 1. The van der Waals surface area contributed by atoms with E-state index in [9.17, 15) is 9.90 Å². The number of hydrogen-bond acceptors (Lipinski definition) is 2. The van der Waals surface area contributed by atoms with Crippen molar-refractivity contribution in [1.82, 2.24) is 4.90 Å². The molecule has 0 aromatic carbocycles. The van der Waals surface area contributed by atoms with Gasteiger partial charge >= 0.3 is 0 Å². The summed E-state index contributed by atoms with van der Waals surface area (Å²) in [7, 11) is 0. The molecular formula is C12H19NO2. The quantitative estimate of drug-likeness (QED) is 0.551. The molecule has 15 heavy (non-hydrogen) atoms. The van der Waals surface area contributed by atoms with E-state index in [1.54, 1.807) is 17.1 Å². The number of amides is 1. The molecule has 0 saturated carbocycles. The molecule has 1 amide bonds. The third-order valence-electron chi connectivity index (χ3n) is 2.77. The van der Waals surface area contributed by atoms with Crippen LogP contribution in [0, 0.1) is 5.92 Å². The zero-order chi connectivity index (χ0) is 11.3. The Kier molecular flexibility index (Phi) is 4.56. The Morgan fingerprint density at radius 2 is 2.20 bits per heavy atom. The Labute approximate surface area is 91.1 Å². The van der Waals surface area contributed by atoms with Crippen LogP contribution < -0.4 is 0 Å². The average molecular weight is 209 g/mol. The number of likely N-dealkylation sites (tertiary alicyclic amines) is 1. The van der Waals surface area contributed by atoms with Gasteiger partial charge in [0.05, 0.1) is 6.10 Å². The van der Waals surface area contributed by atoms with Gasteiger partial charge in [-0.25, -0.2) is 0 Å². The Bertz CT molecular complexity index is 271. The van der Waals surface area contributed by atoms with Gasteiger partial charge in [-0.3, -0.25) is 4.79 Å². The van der Waals surface area contributed by atoms with Crippen molar-refractivity contribution in [2.75, 3.05) is 13.1 Å². The first kappa shape index (κ1) is 12.0. The molecule has 3 heteroatoms. The van der Waals surface area contributed by atoms with Crippen LogP contribution in [0.4, 0.5) is 0 Å². The van der Waals surface area contributed by atoms with E-state index in [1.807, 2.05) is 26.0 Å². The van der Waals surface area contributed by atoms with Crippen LogP contribution in [0.1, 0.15) is 20.3 Å². The minimum Gasteiger partial charge on any atom is -0.391 e. The van der Waals surface area contributed by atoms with Crippen molar-refractivity contribution < 1.29 is 9.90 Å². The predicted octanol–water partition coefficient (Wildman–Crippen LogP) is 1.35. The summed E-state index contributed by atoms with van der Waals surface area (Å²) in [6, 6.07) is 0. The SMILES string of the molecule is CC=CC=CC(=O)N1CCC(C)C(O)C1. The van der Waals surface area contributed by atoms with E-state index >= 15 is 0 Å². The first-order valence-electron chi connectivity index (χ1n) is 5.41. The normalized spacial score (nSPS) is 27.8. The van der Waals surface area contributed by atoms with Crippen LogP contribution in [0.3, 0.4) is 0 Å². The number of hydrogen-bond donors (Lipinski definition) is 1. The topological polar surface area (TPSA) is 40.5 Å². The number of allylic oxidation sites excluding steroid dienone is 3. The first-order valence-corrected chi connectivity index (χ1v) is 5.41. The molecule has 0 spiro atoms. The van der Waals surface area contributed by atoms with Crippen LogP contribution in [-0.2, 0) is 4.79 Å². The average Bonchev–Trinajstić information content (AvgIpc) is 2.22. The fourth-order valence-electron chi connectivity index (χ4n) is 1.60. The lowest BCUT2D eigenvalue weighted by Crippen LogP contribution is -2.45. The summed E-state index contributed by atoms with van der Waals surface area (Å²) in [5, 5.41) is 9.64. The van der Waals surface area contributed by atoms with Gasteiger partial charge in [0, 0.05) is 19.2 Å². The number of nitrogens with zero attached hydrogens (tertiary/aromatic N) is 1. The molecule has 1 heterocycles. The maximum atomic E-state index is 11.6. The van der Waals surface area contributed by atoms with Gasteiger partial charge in [-0.15, -0.1) is 0 Å². The summed E-state index contributed by atoms with van der Waals surface area (Å²) < 4.78 is 0. The number of β-amino-alcohol motifs (C(OH)–C–C–N with tert-alkyl or cyclic N) is 1. The molecule has 3 nitrogen and oxygen atoms in total. The highest BCUT2D eigenvalue weighted by Gasteiger charge is 2.25. The molecule has 1 saturated heterocycles. The van der Waals surface area contributed by atoms with Crippen LogP contribution in [-0.4, -0.2) is 35.1 Å². The van der Waals surface area contributed by atoms with Crippen LogP contribution in [0.15, 0.2) is 24.3 Å². The molecule has 0 aromatic heterocycles. The van der Waals surface area contributed by atoms with Crippen molar-refractivity contribution in [2.45, 2.75) is 26.4 Å². The number of aliphatic hydroxyl groups is 1. The van der Waals surface area contributed by atoms with Gasteiger partial charge in [0.2, 0.25) is 5.91 Å². The van der Waals surface area contributed by atoms with E-state index in [1.165, 1.54) is 0 Å². The number of carbonyl (C=O) groups is 1. The van der Waals surface area contributed by atoms with E-state index < -0.39 is 0 Å². The fraction of sp³-hybridized carbons (Fsp3) is 0.583. The molecule has 2 atom stereocenters. The lowest BCUT2D eigenvalue weighted by atomic mass is 9.96. The van der Waals surface area contributed by atoms with E-state index in [0.717, 1.165) is 13.0 Å².